The maximum Gasteiger partial charge on any atom is 0.475 e. The summed E-state index contributed by atoms with van der Waals surface area (Å²) in [6.45, 7) is 2.41. The average Bonchev–Trinajstić information content (AvgIpc) is 2.75. The van der Waals surface area contributed by atoms with Crippen molar-refractivity contribution in [2.24, 2.45) is 0 Å². The van der Waals surface area contributed by atoms with Gasteiger partial charge in [-0.3, -0.25) is 9.59 Å². The number of hydrogen-bond donors (Lipinski definition) is 3. The Bertz CT molecular complexity index is 830. The van der Waals surface area contributed by atoms with Crippen LogP contribution < -0.4 is 10.1 Å². The number of nitrogens with zero attached hydrogens (tertiary/aromatic N) is 1. The fourth-order valence-corrected chi connectivity index (χ4v) is 2.94. The molecule has 9 heteroatoms. The van der Waals surface area contributed by atoms with Crippen molar-refractivity contribution in [3.05, 3.63) is 65.5 Å². The molecule has 1 atom stereocenters. The highest BCUT2D eigenvalue weighted by molar-refractivity contribution is 6.43. The molecule has 160 valence electrons. The van der Waals surface area contributed by atoms with Gasteiger partial charge in [0.1, 0.15) is 11.6 Å². The molecule has 0 aliphatic rings. The molecular formula is C21H26BFN2O5. The topological polar surface area (TPSA) is 99.1 Å². The fourth-order valence-electron chi connectivity index (χ4n) is 2.94. The molecular weight excluding hydrogens is 390 g/mol. The second-order valence-electron chi connectivity index (χ2n) is 6.78. The summed E-state index contributed by atoms with van der Waals surface area (Å²) in [6, 6.07) is 12.3. The van der Waals surface area contributed by atoms with Gasteiger partial charge in [-0.2, -0.15) is 0 Å². The Kier molecular flexibility index (Phi) is 8.82. The first-order valence-electron chi connectivity index (χ1n) is 9.67. The van der Waals surface area contributed by atoms with Gasteiger partial charge in [0.15, 0.2) is 0 Å². The highest BCUT2D eigenvalue weighted by Crippen LogP contribution is 2.13. The van der Waals surface area contributed by atoms with Crippen LogP contribution in [-0.4, -0.2) is 60.0 Å². The molecule has 2 amide bonds. The molecule has 0 radical (unpaired) electrons. The first-order valence-corrected chi connectivity index (χ1v) is 9.67. The number of benzene rings is 2. The number of carbonyl (C=O) groups excluding carboxylic acids is 2. The molecule has 0 spiro atoms. The standard InChI is InChI=1S/C21H26BFN2O5/c1-3-25(21(27)16-6-10-18(30-2)11-7-16)13-12-20(26)24-19(22(28)29)14-15-4-8-17(23)9-5-15/h4-11,19,28-29H,3,12-14H2,1-2H3,(H,24,26). The second kappa shape index (κ2) is 11.3. The van der Waals surface area contributed by atoms with Crippen molar-refractivity contribution in [1.82, 2.24) is 10.2 Å². The van der Waals surface area contributed by atoms with Crippen molar-refractivity contribution in [2.45, 2.75) is 25.7 Å². The van der Waals surface area contributed by atoms with Crippen LogP contribution >= 0.6 is 0 Å². The van der Waals surface area contributed by atoms with Crippen LogP contribution in [0.1, 0.15) is 29.3 Å². The van der Waals surface area contributed by atoms with Crippen molar-refractivity contribution >= 4 is 18.9 Å². The smallest absolute Gasteiger partial charge is 0.475 e. The summed E-state index contributed by atoms with van der Waals surface area (Å²) in [5, 5.41) is 21.7. The number of hydrogen-bond acceptors (Lipinski definition) is 5. The van der Waals surface area contributed by atoms with Crippen molar-refractivity contribution in [3.8, 4) is 5.75 Å². The van der Waals surface area contributed by atoms with Crippen molar-refractivity contribution in [2.75, 3.05) is 20.2 Å². The summed E-state index contributed by atoms with van der Waals surface area (Å²) in [5.41, 5.74) is 1.14. The van der Waals surface area contributed by atoms with Crippen LogP contribution in [0.15, 0.2) is 48.5 Å². The van der Waals surface area contributed by atoms with Gasteiger partial charge in [0.05, 0.1) is 13.1 Å². The molecule has 0 saturated carbocycles. The molecule has 2 rings (SSSR count). The van der Waals surface area contributed by atoms with Crippen LogP contribution in [-0.2, 0) is 11.2 Å². The summed E-state index contributed by atoms with van der Waals surface area (Å²) in [6.07, 6.45) is 0.133. The molecule has 30 heavy (non-hydrogen) atoms. The Morgan fingerprint density at radius 3 is 2.30 bits per heavy atom. The molecule has 0 aliphatic heterocycles. The van der Waals surface area contributed by atoms with Gasteiger partial charge < -0.3 is 25.0 Å². The number of halogens is 1. The number of ether oxygens (including phenoxy) is 1. The summed E-state index contributed by atoms with van der Waals surface area (Å²) in [4.78, 5) is 26.5. The minimum absolute atomic E-state index is 0.00235. The minimum atomic E-state index is -1.78. The number of amides is 2. The van der Waals surface area contributed by atoms with E-state index in [-0.39, 0.29) is 25.3 Å². The van der Waals surface area contributed by atoms with E-state index in [9.17, 15) is 24.0 Å². The normalized spacial score (nSPS) is 11.5. The van der Waals surface area contributed by atoms with Gasteiger partial charge in [0.25, 0.3) is 5.91 Å². The number of rotatable bonds is 10. The molecule has 2 aromatic carbocycles. The third-order valence-electron chi connectivity index (χ3n) is 4.69. The van der Waals surface area contributed by atoms with Gasteiger partial charge >= 0.3 is 7.12 Å². The molecule has 2 aromatic rings. The highest BCUT2D eigenvalue weighted by atomic mass is 19.1. The Hall–Kier alpha value is -2.91. The first-order chi connectivity index (χ1) is 14.3. The molecule has 0 fully saturated rings. The fraction of sp³-hybridized carbons (Fsp3) is 0.333. The van der Waals surface area contributed by atoms with E-state index < -0.39 is 24.8 Å². The van der Waals surface area contributed by atoms with E-state index in [1.54, 1.807) is 31.4 Å². The lowest BCUT2D eigenvalue weighted by molar-refractivity contribution is -0.121. The lowest BCUT2D eigenvalue weighted by Crippen LogP contribution is -2.48. The highest BCUT2D eigenvalue weighted by Gasteiger charge is 2.26. The molecule has 0 heterocycles. The predicted octanol–water partition coefficient (Wildman–Crippen LogP) is 1.43. The number of carbonyl (C=O) groups is 2. The summed E-state index contributed by atoms with van der Waals surface area (Å²) in [5.74, 6) is -1.33. The lowest BCUT2D eigenvalue weighted by atomic mass is 9.76. The molecule has 0 saturated heterocycles. The van der Waals surface area contributed by atoms with Crippen LogP contribution in [0.4, 0.5) is 4.39 Å². The summed E-state index contributed by atoms with van der Waals surface area (Å²) >= 11 is 0. The molecule has 0 aromatic heterocycles. The van der Waals surface area contributed by atoms with E-state index in [0.29, 0.717) is 23.4 Å². The van der Waals surface area contributed by atoms with Crippen LogP contribution in [0.25, 0.3) is 0 Å². The summed E-state index contributed by atoms with van der Waals surface area (Å²) in [7, 11) is -0.234. The van der Waals surface area contributed by atoms with Gasteiger partial charge in [-0.05, 0) is 55.3 Å². The molecule has 7 nitrogen and oxygen atoms in total. The largest absolute Gasteiger partial charge is 0.497 e. The van der Waals surface area contributed by atoms with E-state index in [1.807, 2.05) is 6.92 Å². The van der Waals surface area contributed by atoms with Gasteiger partial charge in [-0.25, -0.2) is 4.39 Å². The van der Waals surface area contributed by atoms with Crippen molar-refractivity contribution in [1.29, 1.82) is 0 Å². The molecule has 1 unspecified atom stereocenters. The zero-order valence-corrected chi connectivity index (χ0v) is 17.0. The zero-order valence-electron chi connectivity index (χ0n) is 17.0. The van der Waals surface area contributed by atoms with E-state index in [0.717, 1.165) is 0 Å². The minimum Gasteiger partial charge on any atom is -0.497 e. The van der Waals surface area contributed by atoms with Crippen LogP contribution in [0.5, 0.6) is 5.75 Å². The third kappa shape index (κ3) is 6.86. The number of methoxy groups -OCH3 is 1. The van der Waals surface area contributed by atoms with E-state index in [4.69, 9.17) is 4.74 Å². The molecule has 3 N–H and O–H groups in total. The van der Waals surface area contributed by atoms with Crippen molar-refractivity contribution in [3.63, 3.8) is 0 Å². The predicted molar refractivity (Wildman–Crippen MR) is 111 cm³/mol. The van der Waals surface area contributed by atoms with Gasteiger partial charge in [0, 0.05) is 25.1 Å². The zero-order chi connectivity index (χ0) is 22.1. The Morgan fingerprint density at radius 2 is 1.77 bits per heavy atom. The van der Waals surface area contributed by atoms with Crippen molar-refractivity contribution < 1.29 is 28.8 Å². The van der Waals surface area contributed by atoms with E-state index in [2.05, 4.69) is 5.32 Å². The van der Waals surface area contributed by atoms with Crippen LogP contribution in [0.3, 0.4) is 0 Å². The SMILES string of the molecule is CCN(CCC(=O)NC(Cc1ccc(F)cc1)B(O)O)C(=O)c1ccc(OC)cc1. The Morgan fingerprint density at radius 1 is 1.13 bits per heavy atom. The molecule has 0 bridgehead atoms. The monoisotopic (exact) mass is 416 g/mol. The maximum atomic E-state index is 13.0. The summed E-state index contributed by atoms with van der Waals surface area (Å²) < 4.78 is 18.1. The maximum absolute atomic E-state index is 13.0. The average molecular weight is 416 g/mol. The number of nitrogens with one attached hydrogen (secondary N) is 1. The van der Waals surface area contributed by atoms with Gasteiger partial charge in [-0.15, -0.1) is 0 Å². The Labute approximate surface area is 175 Å². The van der Waals surface area contributed by atoms with Gasteiger partial charge in [-0.1, -0.05) is 12.1 Å². The lowest BCUT2D eigenvalue weighted by Gasteiger charge is -2.22. The van der Waals surface area contributed by atoms with Gasteiger partial charge in [0.2, 0.25) is 5.91 Å². The first kappa shape index (κ1) is 23.4. The second-order valence-corrected chi connectivity index (χ2v) is 6.78. The quantitative estimate of drug-likeness (QED) is 0.509. The molecule has 0 aliphatic carbocycles. The Balaban J connectivity index is 1.92. The van der Waals surface area contributed by atoms with Crippen LogP contribution in [0, 0.1) is 5.82 Å². The third-order valence-corrected chi connectivity index (χ3v) is 4.69. The van der Waals surface area contributed by atoms with Crippen LogP contribution in [0.2, 0.25) is 0 Å². The van der Waals surface area contributed by atoms with E-state index >= 15 is 0 Å². The van der Waals surface area contributed by atoms with E-state index in [1.165, 1.54) is 29.2 Å².